The molecule has 0 heterocycles. The quantitative estimate of drug-likeness (QED) is 0.781. The van der Waals surface area contributed by atoms with Gasteiger partial charge in [0, 0.05) is 18.2 Å². The van der Waals surface area contributed by atoms with Crippen LogP contribution in [-0.4, -0.2) is 19.6 Å². The number of hydrogen-bond acceptors (Lipinski definition) is 4. The Morgan fingerprint density at radius 1 is 1.12 bits per heavy atom. The molecule has 0 saturated carbocycles. The predicted octanol–water partition coefficient (Wildman–Crippen LogP) is 2.95. The summed E-state index contributed by atoms with van der Waals surface area (Å²) < 4.78 is 10.9. The first-order chi connectivity index (χ1) is 11.6. The van der Waals surface area contributed by atoms with Gasteiger partial charge in [-0.15, -0.1) is 0 Å². The Balaban J connectivity index is 1.86. The molecule has 0 bridgehead atoms. The fourth-order valence-corrected chi connectivity index (χ4v) is 2.12. The van der Waals surface area contributed by atoms with E-state index in [1.54, 1.807) is 14.0 Å². The summed E-state index contributed by atoms with van der Waals surface area (Å²) >= 11 is 0. The van der Waals surface area contributed by atoms with E-state index in [4.69, 9.17) is 15.2 Å². The number of nitrogens with two attached hydrogens (primary N) is 1. The van der Waals surface area contributed by atoms with Crippen molar-refractivity contribution in [3.05, 3.63) is 59.7 Å². The lowest BCUT2D eigenvalue weighted by molar-refractivity contribution is -0.119. The molecule has 0 aliphatic rings. The highest BCUT2D eigenvalue weighted by Gasteiger charge is 2.10. The molecule has 1 atom stereocenters. The zero-order valence-corrected chi connectivity index (χ0v) is 14.1. The highest BCUT2D eigenvalue weighted by atomic mass is 16.5. The van der Waals surface area contributed by atoms with Crippen molar-refractivity contribution in [3.8, 4) is 5.75 Å². The molecule has 24 heavy (non-hydrogen) atoms. The summed E-state index contributed by atoms with van der Waals surface area (Å²) in [6.45, 7) is 3.13. The minimum atomic E-state index is -0.208. The monoisotopic (exact) mass is 328 g/mol. The van der Waals surface area contributed by atoms with Crippen LogP contribution in [-0.2, 0) is 22.7 Å². The molecule has 2 rings (SSSR count). The van der Waals surface area contributed by atoms with Gasteiger partial charge in [-0.2, -0.15) is 0 Å². The summed E-state index contributed by atoms with van der Waals surface area (Å²) in [4.78, 5) is 11.9. The van der Waals surface area contributed by atoms with Gasteiger partial charge in [0.2, 0.25) is 5.91 Å². The number of ether oxygens (including phenoxy) is 2. The molecule has 5 nitrogen and oxygen atoms in total. The first-order valence-electron chi connectivity index (χ1n) is 7.93. The minimum Gasteiger partial charge on any atom is -0.497 e. The van der Waals surface area contributed by atoms with Crippen molar-refractivity contribution in [2.24, 2.45) is 11.7 Å². The number of nitrogens with one attached hydrogen (secondary N) is 1. The lowest BCUT2D eigenvalue weighted by atomic mass is 10.1. The number of methoxy groups -OCH3 is 1. The highest BCUT2D eigenvalue weighted by molar-refractivity contribution is 5.92. The average Bonchev–Trinajstić information content (AvgIpc) is 2.62. The van der Waals surface area contributed by atoms with Crippen LogP contribution in [0.1, 0.15) is 18.1 Å². The first-order valence-corrected chi connectivity index (χ1v) is 7.93. The van der Waals surface area contributed by atoms with Crippen molar-refractivity contribution >= 4 is 11.6 Å². The van der Waals surface area contributed by atoms with E-state index in [-0.39, 0.29) is 11.8 Å². The summed E-state index contributed by atoms with van der Waals surface area (Å²) in [5.41, 5.74) is 8.34. The maximum atomic E-state index is 11.9. The zero-order valence-electron chi connectivity index (χ0n) is 14.1. The second kappa shape index (κ2) is 9.05. The molecule has 0 aliphatic carbocycles. The van der Waals surface area contributed by atoms with Crippen molar-refractivity contribution in [2.45, 2.75) is 20.1 Å². The number of carbonyl (C=O) groups is 1. The number of amides is 1. The van der Waals surface area contributed by atoms with E-state index < -0.39 is 0 Å². The molecule has 0 radical (unpaired) electrons. The third-order valence-electron chi connectivity index (χ3n) is 3.69. The van der Waals surface area contributed by atoms with Crippen molar-refractivity contribution in [3.63, 3.8) is 0 Å². The molecule has 0 aromatic heterocycles. The number of hydrogen-bond donors (Lipinski definition) is 2. The fourth-order valence-electron chi connectivity index (χ4n) is 2.12. The lowest BCUT2D eigenvalue weighted by Gasteiger charge is -2.11. The third kappa shape index (κ3) is 5.37. The molecule has 3 N–H and O–H groups in total. The SMILES string of the molecule is COc1ccc(COCc2cccc(NC(=O)C(C)CN)c2)cc1. The molecule has 0 fully saturated rings. The van der Waals surface area contributed by atoms with Gasteiger partial charge in [-0.1, -0.05) is 31.2 Å². The van der Waals surface area contributed by atoms with E-state index in [1.165, 1.54) is 0 Å². The molecule has 2 aromatic carbocycles. The molecule has 2 aromatic rings. The Labute approximate surface area is 142 Å². The van der Waals surface area contributed by atoms with Crippen molar-refractivity contribution in [1.82, 2.24) is 0 Å². The van der Waals surface area contributed by atoms with Crippen LogP contribution in [0.15, 0.2) is 48.5 Å². The Hall–Kier alpha value is -2.37. The highest BCUT2D eigenvalue weighted by Crippen LogP contribution is 2.15. The van der Waals surface area contributed by atoms with E-state index in [9.17, 15) is 4.79 Å². The van der Waals surface area contributed by atoms with E-state index in [2.05, 4.69) is 5.32 Å². The Kier molecular flexibility index (Phi) is 6.78. The summed E-state index contributed by atoms with van der Waals surface area (Å²) in [5, 5.41) is 2.87. The standard InChI is InChI=1S/C19H24N2O3/c1-14(11-20)19(22)21-17-5-3-4-16(10-17)13-24-12-15-6-8-18(23-2)9-7-15/h3-10,14H,11-13,20H2,1-2H3,(H,21,22). The van der Waals surface area contributed by atoms with Gasteiger partial charge < -0.3 is 20.5 Å². The van der Waals surface area contributed by atoms with Crippen LogP contribution in [0.25, 0.3) is 0 Å². The average molecular weight is 328 g/mol. The van der Waals surface area contributed by atoms with Gasteiger partial charge in [-0.3, -0.25) is 4.79 Å². The molecule has 1 amide bonds. The van der Waals surface area contributed by atoms with Crippen LogP contribution in [0, 0.1) is 5.92 Å². The normalized spacial score (nSPS) is 11.8. The number of anilines is 1. The Morgan fingerprint density at radius 2 is 1.83 bits per heavy atom. The van der Waals surface area contributed by atoms with Crippen LogP contribution in [0.5, 0.6) is 5.75 Å². The van der Waals surface area contributed by atoms with Gasteiger partial charge in [0.05, 0.1) is 20.3 Å². The maximum Gasteiger partial charge on any atom is 0.228 e. The topological polar surface area (TPSA) is 73.6 Å². The number of benzene rings is 2. The third-order valence-corrected chi connectivity index (χ3v) is 3.69. The van der Waals surface area contributed by atoms with Crippen molar-refractivity contribution in [1.29, 1.82) is 0 Å². The van der Waals surface area contributed by atoms with Gasteiger partial charge in [0.25, 0.3) is 0 Å². The zero-order chi connectivity index (χ0) is 17.4. The Morgan fingerprint density at radius 3 is 2.50 bits per heavy atom. The largest absolute Gasteiger partial charge is 0.497 e. The van der Waals surface area contributed by atoms with Gasteiger partial charge in [0.1, 0.15) is 5.75 Å². The van der Waals surface area contributed by atoms with Gasteiger partial charge in [-0.05, 0) is 35.4 Å². The number of carbonyl (C=O) groups excluding carboxylic acids is 1. The van der Waals surface area contributed by atoms with Gasteiger partial charge >= 0.3 is 0 Å². The second-order valence-corrected chi connectivity index (χ2v) is 5.67. The summed E-state index contributed by atoms with van der Waals surface area (Å²) in [7, 11) is 1.64. The molecule has 5 heteroatoms. The molecular weight excluding hydrogens is 304 g/mol. The Bertz CT molecular complexity index is 656. The van der Waals surface area contributed by atoms with Crippen LogP contribution in [0.3, 0.4) is 0 Å². The van der Waals surface area contributed by atoms with E-state index >= 15 is 0 Å². The van der Waals surface area contributed by atoms with Crippen LogP contribution in [0.2, 0.25) is 0 Å². The molecule has 128 valence electrons. The summed E-state index contributed by atoms with van der Waals surface area (Å²) in [6.07, 6.45) is 0. The smallest absolute Gasteiger partial charge is 0.228 e. The first kappa shape index (κ1) is 18.0. The summed E-state index contributed by atoms with van der Waals surface area (Å²) in [6, 6.07) is 15.4. The molecule has 0 saturated heterocycles. The van der Waals surface area contributed by atoms with Crippen LogP contribution in [0.4, 0.5) is 5.69 Å². The lowest BCUT2D eigenvalue weighted by Crippen LogP contribution is -2.26. The molecule has 0 aliphatic heterocycles. The second-order valence-electron chi connectivity index (χ2n) is 5.67. The van der Waals surface area contributed by atoms with Gasteiger partial charge in [0.15, 0.2) is 0 Å². The fraction of sp³-hybridized carbons (Fsp3) is 0.316. The molecule has 0 spiro atoms. The van der Waals surface area contributed by atoms with E-state index in [1.807, 2.05) is 48.5 Å². The summed E-state index contributed by atoms with van der Waals surface area (Å²) in [5.74, 6) is 0.544. The van der Waals surface area contributed by atoms with Crippen LogP contribution >= 0.6 is 0 Å². The maximum absolute atomic E-state index is 11.9. The van der Waals surface area contributed by atoms with E-state index in [0.29, 0.717) is 19.8 Å². The van der Waals surface area contributed by atoms with E-state index in [0.717, 1.165) is 22.6 Å². The molecule has 1 unspecified atom stereocenters. The van der Waals surface area contributed by atoms with Crippen molar-refractivity contribution in [2.75, 3.05) is 19.0 Å². The minimum absolute atomic E-state index is 0.0752. The van der Waals surface area contributed by atoms with Gasteiger partial charge in [-0.25, -0.2) is 0 Å². The van der Waals surface area contributed by atoms with Crippen LogP contribution < -0.4 is 15.8 Å². The molecular formula is C19H24N2O3. The number of rotatable bonds is 8. The predicted molar refractivity (Wildman–Crippen MR) is 94.8 cm³/mol. The van der Waals surface area contributed by atoms with Crippen molar-refractivity contribution < 1.29 is 14.3 Å².